The van der Waals surface area contributed by atoms with Gasteiger partial charge in [0.1, 0.15) is 0 Å². The number of carboxylic acids is 2. The lowest BCUT2D eigenvalue weighted by molar-refractivity contribution is -0.134. The van der Waals surface area contributed by atoms with Crippen LogP contribution < -0.4 is 10.2 Å². The van der Waals surface area contributed by atoms with Gasteiger partial charge < -0.3 is 20.4 Å². The summed E-state index contributed by atoms with van der Waals surface area (Å²) in [6.45, 7) is 3.51. The second kappa shape index (κ2) is 8.07. The zero-order chi connectivity index (χ0) is 16.8. The van der Waals surface area contributed by atoms with E-state index in [2.05, 4.69) is 37.2 Å². The van der Waals surface area contributed by atoms with Gasteiger partial charge in [0, 0.05) is 42.0 Å². The Bertz CT molecular complexity index is 592. The smallest absolute Gasteiger partial charge is 0.328 e. The third-order valence-electron chi connectivity index (χ3n) is 3.82. The molecule has 2 atom stereocenters. The average molecular weight is 384 g/mol. The largest absolute Gasteiger partial charge is 0.478 e. The highest BCUT2D eigenvalue weighted by Gasteiger charge is 2.35. The van der Waals surface area contributed by atoms with Crippen molar-refractivity contribution in [1.82, 2.24) is 10.3 Å². The summed E-state index contributed by atoms with van der Waals surface area (Å²) in [7, 11) is 0. The number of anilines is 1. The molecule has 2 fully saturated rings. The van der Waals surface area contributed by atoms with Gasteiger partial charge in [-0.25, -0.2) is 9.59 Å². The SMILES string of the molecule is Brc1cncc(N2CC[C@@H]3CN[C@@H]3C2)c1.O=C(O)/C=C/C(=O)O. The second-order valence-corrected chi connectivity index (χ2v) is 6.30. The third kappa shape index (κ3) is 5.33. The molecule has 7 nitrogen and oxygen atoms in total. The van der Waals surface area contributed by atoms with Crippen LogP contribution in [0.25, 0.3) is 0 Å². The first kappa shape index (κ1) is 17.4. The van der Waals surface area contributed by atoms with Crippen molar-refractivity contribution in [1.29, 1.82) is 0 Å². The molecule has 23 heavy (non-hydrogen) atoms. The number of aromatic nitrogens is 1. The van der Waals surface area contributed by atoms with Crippen molar-refractivity contribution in [2.45, 2.75) is 12.5 Å². The van der Waals surface area contributed by atoms with Gasteiger partial charge in [-0.3, -0.25) is 4.98 Å². The van der Waals surface area contributed by atoms with E-state index in [4.69, 9.17) is 10.2 Å². The van der Waals surface area contributed by atoms with Gasteiger partial charge in [-0.05, 0) is 40.9 Å². The molecule has 3 N–H and O–H groups in total. The van der Waals surface area contributed by atoms with Crippen molar-refractivity contribution < 1.29 is 19.8 Å². The lowest BCUT2D eigenvalue weighted by Crippen LogP contribution is -2.62. The minimum absolute atomic E-state index is 0.558. The number of aliphatic carboxylic acids is 2. The molecule has 0 aromatic carbocycles. The Morgan fingerprint density at radius 3 is 2.48 bits per heavy atom. The first-order chi connectivity index (χ1) is 11.0. The van der Waals surface area contributed by atoms with Crippen LogP contribution in [-0.4, -0.2) is 52.8 Å². The molecule has 0 amide bonds. The van der Waals surface area contributed by atoms with Gasteiger partial charge in [0.2, 0.25) is 0 Å². The molecule has 0 unspecified atom stereocenters. The predicted molar refractivity (Wildman–Crippen MR) is 88.5 cm³/mol. The molecule has 8 heteroatoms. The van der Waals surface area contributed by atoms with Gasteiger partial charge in [-0.1, -0.05) is 0 Å². The zero-order valence-electron chi connectivity index (χ0n) is 12.4. The maximum Gasteiger partial charge on any atom is 0.328 e. The Hall–Kier alpha value is -1.93. The van der Waals surface area contributed by atoms with E-state index < -0.39 is 11.9 Å². The van der Waals surface area contributed by atoms with Crippen molar-refractivity contribution in [3.05, 3.63) is 35.1 Å². The number of piperidine rings is 1. The van der Waals surface area contributed by atoms with Crippen molar-refractivity contribution in [3.8, 4) is 0 Å². The molecule has 2 aliphatic heterocycles. The van der Waals surface area contributed by atoms with E-state index >= 15 is 0 Å². The van der Waals surface area contributed by atoms with Crippen molar-refractivity contribution in [2.75, 3.05) is 24.5 Å². The number of pyridine rings is 1. The van der Waals surface area contributed by atoms with Gasteiger partial charge in [0.05, 0.1) is 11.9 Å². The Kier molecular flexibility index (Phi) is 6.12. The van der Waals surface area contributed by atoms with Gasteiger partial charge in [-0.15, -0.1) is 0 Å². The monoisotopic (exact) mass is 383 g/mol. The number of rotatable bonds is 3. The number of nitrogens with one attached hydrogen (secondary N) is 1. The zero-order valence-corrected chi connectivity index (χ0v) is 13.9. The summed E-state index contributed by atoms with van der Waals surface area (Å²) in [6, 6.07) is 2.85. The van der Waals surface area contributed by atoms with Gasteiger partial charge in [-0.2, -0.15) is 0 Å². The molecule has 0 spiro atoms. The van der Waals surface area contributed by atoms with Crippen LogP contribution in [0.2, 0.25) is 0 Å². The molecule has 1 aromatic heterocycles. The van der Waals surface area contributed by atoms with Crippen LogP contribution in [0.4, 0.5) is 5.69 Å². The Balaban J connectivity index is 0.000000207. The molecule has 2 saturated heterocycles. The summed E-state index contributed by atoms with van der Waals surface area (Å²) >= 11 is 3.46. The van der Waals surface area contributed by atoms with Crippen LogP contribution in [0.1, 0.15) is 6.42 Å². The lowest BCUT2D eigenvalue weighted by Gasteiger charge is -2.47. The number of hydrogen-bond acceptors (Lipinski definition) is 5. The first-order valence-corrected chi connectivity index (χ1v) is 7.98. The molecular formula is C15H18BrN3O4. The number of carboxylic acid groups (broad SMARTS) is 2. The summed E-state index contributed by atoms with van der Waals surface area (Å²) in [4.78, 5) is 25.7. The number of fused-ring (bicyclic) bond motifs is 1. The highest BCUT2D eigenvalue weighted by molar-refractivity contribution is 9.10. The maximum atomic E-state index is 9.55. The fraction of sp³-hybridized carbons (Fsp3) is 0.400. The molecule has 1 aromatic rings. The number of nitrogens with zero attached hydrogens (tertiary/aromatic N) is 2. The Morgan fingerprint density at radius 2 is 2.00 bits per heavy atom. The summed E-state index contributed by atoms with van der Waals surface area (Å²) in [5.41, 5.74) is 1.23. The number of halogens is 1. The van der Waals surface area contributed by atoms with Crippen LogP contribution in [-0.2, 0) is 9.59 Å². The Labute approximate surface area is 142 Å². The van der Waals surface area contributed by atoms with Gasteiger partial charge >= 0.3 is 11.9 Å². The number of carbonyl (C=O) groups is 2. The highest BCUT2D eigenvalue weighted by atomic mass is 79.9. The van der Waals surface area contributed by atoms with Crippen LogP contribution in [0.3, 0.4) is 0 Å². The minimum atomic E-state index is -1.26. The van der Waals surface area contributed by atoms with Gasteiger partial charge in [0.15, 0.2) is 0 Å². The highest BCUT2D eigenvalue weighted by Crippen LogP contribution is 2.28. The van der Waals surface area contributed by atoms with E-state index in [1.54, 1.807) is 0 Å². The summed E-state index contributed by atoms with van der Waals surface area (Å²) < 4.78 is 1.06. The minimum Gasteiger partial charge on any atom is -0.478 e. The van der Waals surface area contributed by atoms with E-state index in [-0.39, 0.29) is 0 Å². The average Bonchev–Trinajstić information content (AvgIpc) is 2.47. The van der Waals surface area contributed by atoms with Crippen LogP contribution in [0.15, 0.2) is 35.1 Å². The first-order valence-electron chi connectivity index (χ1n) is 7.18. The molecule has 0 saturated carbocycles. The van der Waals surface area contributed by atoms with Crippen molar-refractivity contribution >= 4 is 33.6 Å². The molecule has 124 valence electrons. The van der Waals surface area contributed by atoms with Crippen LogP contribution in [0.5, 0.6) is 0 Å². The normalized spacial score (nSPS) is 22.6. The third-order valence-corrected chi connectivity index (χ3v) is 4.26. The van der Waals surface area contributed by atoms with Gasteiger partial charge in [0.25, 0.3) is 0 Å². The molecular weight excluding hydrogens is 366 g/mol. The van der Waals surface area contributed by atoms with E-state index in [0.717, 1.165) is 16.9 Å². The topological polar surface area (TPSA) is 103 Å². The predicted octanol–water partition coefficient (Wildman–Crippen LogP) is 1.35. The van der Waals surface area contributed by atoms with E-state index in [1.807, 2.05) is 12.4 Å². The van der Waals surface area contributed by atoms with Crippen molar-refractivity contribution in [2.24, 2.45) is 5.92 Å². The standard InChI is InChI=1S/C11H14BrN3.C4H4O4/c12-9-3-10(6-13-5-9)15-2-1-8-4-14-11(8)7-15;5-3(6)1-2-4(7)8/h3,5-6,8,11,14H,1-2,4,7H2;1-2H,(H,5,6)(H,7,8)/b;2-1+/t8-,11-;/m1./s1. The molecule has 3 heterocycles. The van der Waals surface area contributed by atoms with Crippen molar-refractivity contribution in [3.63, 3.8) is 0 Å². The number of hydrogen-bond donors (Lipinski definition) is 3. The van der Waals surface area contributed by atoms with E-state index in [1.165, 1.54) is 25.2 Å². The summed E-state index contributed by atoms with van der Waals surface area (Å²) in [5.74, 6) is -1.60. The molecule has 3 rings (SSSR count). The van der Waals surface area contributed by atoms with E-state index in [0.29, 0.717) is 18.2 Å². The second-order valence-electron chi connectivity index (χ2n) is 5.38. The van der Waals surface area contributed by atoms with Crippen LogP contribution >= 0.6 is 15.9 Å². The molecule has 0 radical (unpaired) electrons. The molecule has 0 aliphatic carbocycles. The lowest BCUT2D eigenvalue weighted by atomic mass is 9.85. The fourth-order valence-corrected chi connectivity index (χ4v) is 2.92. The van der Waals surface area contributed by atoms with Crippen LogP contribution in [0, 0.1) is 5.92 Å². The summed E-state index contributed by atoms with van der Waals surface area (Å²) in [5, 5.41) is 19.1. The Morgan fingerprint density at radius 1 is 1.30 bits per heavy atom. The quantitative estimate of drug-likeness (QED) is 0.676. The maximum absolute atomic E-state index is 9.55. The summed E-state index contributed by atoms with van der Waals surface area (Å²) in [6.07, 6.45) is 6.20. The molecule has 2 aliphatic rings. The fourth-order valence-electron chi connectivity index (χ4n) is 2.57. The van der Waals surface area contributed by atoms with E-state index in [9.17, 15) is 9.59 Å². The molecule has 0 bridgehead atoms.